The third-order valence-corrected chi connectivity index (χ3v) is 4.26. The van der Waals surface area contributed by atoms with Crippen molar-refractivity contribution in [2.24, 2.45) is 0 Å². The number of ether oxygens (including phenoxy) is 1. The molecule has 5 heteroatoms. The van der Waals surface area contributed by atoms with Gasteiger partial charge in [0.1, 0.15) is 18.6 Å². The zero-order valence-electron chi connectivity index (χ0n) is 15.0. The largest absolute Gasteiger partial charge is 0.492 e. The topological polar surface area (TPSA) is 49.9 Å². The molecule has 134 valence electrons. The van der Waals surface area contributed by atoms with Gasteiger partial charge in [-0.3, -0.25) is 14.5 Å². The SMILES string of the molecule is C/C=C\C(=C/C)C(=O)N1CCN(CCOc2ccc(C=O)cc2)CC1. The van der Waals surface area contributed by atoms with Crippen molar-refractivity contribution in [3.63, 3.8) is 0 Å². The predicted molar refractivity (Wildman–Crippen MR) is 98.9 cm³/mol. The highest BCUT2D eigenvalue weighted by atomic mass is 16.5. The number of hydrogen-bond donors (Lipinski definition) is 0. The molecule has 0 N–H and O–H groups in total. The summed E-state index contributed by atoms with van der Waals surface area (Å²) in [7, 11) is 0. The van der Waals surface area contributed by atoms with Gasteiger partial charge in [0.2, 0.25) is 0 Å². The molecule has 1 fully saturated rings. The standard InChI is InChI=1S/C20H26N2O3/c1-3-5-18(4-2)20(24)22-12-10-21(11-13-22)14-15-25-19-8-6-17(16-23)7-9-19/h3-9,16H,10-15H2,1-2H3/b5-3-,18-4+. The quantitative estimate of drug-likeness (QED) is 0.434. The van der Waals surface area contributed by atoms with Crippen LogP contribution in [0.15, 0.2) is 48.1 Å². The molecule has 0 bridgehead atoms. The van der Waals surface area contributed by atoms with E-state index in [4.69, 9.17) is 4.74 Å². The van der Waals surface area contributed by atoms with Gasteiger partial charge in [-0.15, -0.1) is 0 Å². The summed E-state index contributed by atoms with van der Waals surface area (Å²) < 4.78 is 5.71. The van der Waals surface area contributed by atoms with Gasteiger partial charge in [-0.05, 0) is 38.1 Å². The molecule has 0 spiro atoms. The lowest BCUT2D eigenvalue weighted by molar-refractivity contribution is -0.128. The van der Waals surface area contributed by atoms with Crippen LogP contribution in [0.5, 0.6) is 5.75 Å². The molecule has 1 aliphatic heterocycles. The first kappa shape index (κ1) is 18.9. The van der Waals surface area contributed by atoms with E-state index in [2.05, 4.69) is 4.90 Å². The van der Waals surface area contributed by atoms with Crippen LogP contribution in [-0.4, -0.2) is 61.3 Å². The van der Waals surface area contributed by atoms with Crippen LogP contribution in [0, 0.1) is 0 Å². The number of carbonyl (C=O) groups excluding carboxylic acids is 2. The highest BCUT2D eigenvalue weighted by Gasteiger charge is 2.22. The molecule has 1 heterocycles. The minimum absolute atomic E-state index is 0.103. The van der Waals surface area contributed by atoms with E-state index in [1.807, 2.05) is 37.0 Å². The Morgan fingerprint density at radius 1 is 1.12 bits per heavy atom. The summed E-state index contributed by atoms with van der Waals surface area (Å²) in [6.45, 7) is 8.40. The third-order valence-electron chi connectivity index (χ3n) is 4.26. The number of aldehydes is 1. The van der Waals surface area contributed by atoms with Crippen LogP contribution in [0.2, 0.25) is 0 Å². The van der Waals surface area contributed by atoms with Crippen LogP contribution < -0.4 is 4.74 Å². The van der Waals surface area contributed by atoms with Crippen molar-refractivity contribution in [2.75, 3.05) is 39.3 Å². The Kier molecular flexibility index (Phi) is 7.41. The van der Waals surface area contributed by atoms with Gasteiger partial charge in [-0.2, -0.15) is 0 Å². The second-order valence-corrected chi connectivity index (χ2v) is 5.91. The second kappa shape index (κ2) is 9.79. The minimum atomic E-state index is 0.103. The Balaban J connectivity index is 1.73. The van der Waals surface area contributed by atoms with E-state index in [0.717, 1.165) is 50.3 Å². The van der Waals surface area contributed by atoms with Crippen molar-refractivity contribution in [1.82, 2.24) is 9.80 Å². The molecule has 0 radical (unpaired) electrons. The fraction of sp³-hybridized carbons (Fsp3) is 0.400. The molecule has 2 rings (SSSR count). The number of carbonyl (C=O) groups is 2. The summed E-state index contributed by atoms with van der Waals surface area (Å²) >= 11 is 0. The van der Waals surface area contributed by atoms with Crippen LogP contribution in [0.4, 0.5) is 0 Å². The number of hydrogen-bond acceptors (Lipinski definition) is 4. The summed E-state index contributed by atoms with van der Waals surface area (Å²) in [5.41, 5.74) is 1.39. The molecule has 25 heavy (non-hydrogen) atoms. The van der Waals surface area contributed by atoms with Crippen molar-refractivity contribution in [3.05, 3.63) is 53.6 Å². The van der Waals surface area contributed by atoms with Crippen molar-refractivity contribution in [3.8, 4) is 5.75 Å². The number of amides is 1. The molecule has 1 aliphatic rings. The highest BCUT2D eigenvalue weighted by Crippen LogP contribution is 2.12. The van der Waals surface area contributed by atoms with Crippen molar-refractivity contribution in [2.45, 2.75) is 13.8 Å². The molecule has 0 aromatic heterocycles. The van der Waals surface area contributed by atoms with Crippen LogP contribution >= 0.6 is 0 Å². The van der Waals surface area contributed by atoms with Gasteiger partial charge in [-0.25, -0.2) is 0 Å². The van der Waals surface area contributed by atoms with E-state index in [-0.39, 0.29) is 5.91 Å². The summed E-state index contributed by atoms with van der Waals surface area (Å²) in [6, 6.07) is 7.10. The van der Waals surface area contributed by atoms with Crippen molar-refractivity contribution in [1.29, 1.82) is 0 Å². The van der Waals surface area contributed by atoms with E-state index in [1.54, 1.807) is 24.3 Å². The Hall–Kier alpha value is -2.40. The number of piperazine rings is 1. The number of allylic oxidation sites excluding steroid dienone is 2. The molecule has 1 aromatic carbocycles. The van der Waals surface area contributed by atoms with Gasteiger partial charge in [0.25, 0.3) is 5.91 Å². The molecule has 1 aromatic rings. The molecule has 5 nitrogen and oxygen atoms in total. The molecule has 0 atom stereocenters. The fourth-order valence-electron chi connectivity index (χ4n) is 2.76. The Labute approximate surface area is 149 Å². The first-order chi connectivity index (χ1) is 12.2. The summed E-state index contributed by atoms with van der Waals surface area (Å²) in [5, 5.41) is 0. The van der Waals surface area contributed by atoms with E-state index >= 15 is 0 Å². The van der Waals surface area contributed by atoms with Crippen molar-refractivity contribution < 1.29 is 14.3 Å². The highest BCUT2D eigenvalue weighted by molar-refractivity contribution is 5.96. The average Bonchev–Trinajstić information content (AvgIpc) is 2.66. The molecular formula is C20H26N2O3. The molecule has 0 aliphatic carbocycles. The summed E-state index contributed by atoms with van der Waals surface area (Å²) in [4.78, 5) is 27.3. The van der Waals surface area contributed by atoms with Gasteiger partial charge in [-0.1, -0.05) is 18.2 Å². The van der Waals surface area contributed by atoms with Gasteiger partial charge in [0, 0.05) is 43.9 Å². The van der Waals surface area contributed by atoms with Gasteiger partial charge >= 0.3 is 0 Å². The van der Waals surface area contributed by atoms with Crippen LogP contribution in [0.1, 0.15) is 24.2 Å². The van der Waals surface area contributed by atoms with E-state index in [0.29, 0.717) is 12.2 Å². The molecular weight excluding hydrogens is 316 g/mol. The number of nitrogens with zero attached hydrogens (tertiary/aromatic N) is 2. The Bertz CT molecular complexity index is 627. The summed E-state index contributed by atoms with van der Waals surface area (Å²) in [5.74, 6) is 0.871. The van der Waals surface area contributed by atoms with Crippen LogP contribution in [-0.2, 0) is 4.79 Å². The molecule has 0 saturated carbocycles. The molecule has 1 saturated heterocycles. The minimum Gasteiger partial charge on any atom is -0.492 e. The zero-order chi connectivity index (χ0) is 18.1. The fourth-order valence-corrected chi connectivity index (χ4v) is 2.76. The molecule has 1 amide bonds. The van der Waals surface area contributed by atoms with Gasteiger partial charge in [0.05, 0.1) is 0 Å². The van der Waals surface area contributed by atoms with E-state index < -0.39 is 0 Å². The normalized spacial score (nSPS) is 16.2. The smallest absolute Gasteiger partial charge is 0.253 e. The Morgan fingerprint density at radius 2 is 1.80 bits per heavy atom. The first-order valence-corrected chi connectivity index (χ1v) is 8.66. The van der Waals surface area contributed by atoms with Crippen LogP contribution in [0.25, 0.3) is 0 Å². The first-order valence-electron chi connectivity index (χ1n) is 8.66. The van der Waals surface area contributed by atoms with Gasteiger partial charge < -0.3 is 9.64 Å². The van der Waals surface area contributed by atoms with Crippen molar-refractivity contribution >= 4 is 12.2 Å². The van der Waals surface area contributed by atoms with Gasteiger partial charge in [0.15, 0.2) is 0 Å². The maximum Gasteiger partial charge on any atom is 0.253 e. The molecule has 0 unspecified atom stereocenters. The monoisotopic (exact) mass is 342 g/mol. The third kappa shape index (κ3) is 5.57. The number of benzene rings is 1. The van der Waals surface area contributed by atoms with Crippen LogP contribution in [0.3, 0.4) is 0 Å². The van der Waals surface area contributed by atoms with E-state index in [9.17, 15) is 9.59 Å². The lowest BCUT2D eigenvalue weighted by Crippen LogP contribution is -2.49. The summed E-state index contributed by atoms with van der Waals surface area (Å²) in [6.07, 6.45) is 6.43. The lowest BCUT2D eigenvalue weighted by atomic mass is 10.2. The average molecular weight is 342 g/mol. The van der Waals surface area contributed by atoms with E-state index in [1.165, 1.54) is 0 Å². The second-order valence-electron chi connectivity index (χ2n) is 5.91. The lowest BCUT2D eigenvalue weighted by Gasteiger charge is -2.34. The number of rotatable bonds is 7. The zero-order valence-corrected chi connectivity index (χ0v) is 15.0. The maximum absolute atomic E-state index is 12.4. The predicted octanol–water partition coefficient (Wildman–Crippen LogP) is 2.54. The maximum atomic E-state index is 12.4. The Morgan fingerprint density at radius 3 is 2.36 bits per heavy atom.